The standard InChI is InChI=1S/C13H11F3I3NO3/c1-2-5(11(21)22)3-6-7(17)4-8(18)10(9(6)19)20-12(23)13(14,15)16/h4-5H,2-3H2,1H3,(H,20,23)(H,21,22). The Bertz CT molecular complexity index is 635. The van der Waals surface area contributed by atoms with Gasteiger partial charge in [-0.25, -0.2) is 0 Å². The minimum Gasteiger partial charge on any atom is -0.481 e. The van der Waals surface area contributed by atoms with Gasteiger partial charge in [0.05, 0.1) is 11.6 Å². The molecule has 0 heterocycles. The highest BCUT2D eigenvalue weighted by Gasteiger charge is 2.39. The number of carbonyl (C=O) groups is 2. The third kappa shape index (κ3) is 5.57. The van der Waals surface area contributed by atoms with Gasteiger partial charge in [-0.15, -0.1) is 0 Å². The molecule has 4 nitrogen and oxygen atoms in total. The van der Waals surface area contributed by atoms with Crippen molar-refractivity contribution < 1.29 is 27.9 Å². The van der Waals surface area contributed by atoms with Crippen LogP contribution in [-0.2, 0) is 16.0 Å². The van der Waals surface area contributed by atoms with Gasteiger partial charge in [-0.1, -0.05) is 6.92 Å². The molecule has 23 heavy (non-hydrogen) atoms. The summed E-state index contributed by atoms with van der Waals surface area (Å²) in [4.78, 5) is 22.4. The zero-order valence-electron chi connectivity index (χ0n) is 11.6. The summed E-state index contributed by atoms with van der Waals surface area (Å²) in [6.07, 6.45) is -4.39. The van der Waals surface area contributed by atoms with Crippen molar-refractivity contribution in [1.82, 2.24) is 0 Å². The quantitative estimate of drug-likeness (QED) is 0.450. The molecule has 0 saturated heterocycles. The summed E-state index contributed by atoms with van der Waals surface area (Å²) in [6.45, 7) is 1.73. The number of anilines is 1. The fraction of sp³-hybridized carbons (Fsp3) is 0.385. The third-order valence-electron chi connectivity index (χ3n) is 3.05. The van der Waals surface area contributed by atoms with Crippen LogP contribution in [0.3, 0.4) is 0 Å². The maximum atomic E-state index is 12.5. The molecule has 0 saturated carbocycles. The van der Waals surface area contributed by atoms with Gasteiger partial charge < -0.3 is 10.4 Å². The summed E-state index contributed by atoms with van der Waals surface area (Å²) in [5.41, 5.74) is 0.683. The van der Waals surface area contributed by atoms with Crippen LogP contribution < -0.4 is 5.32 Å². The molecule has 0 aliphatic carbocycles. The summed E-state index contributed by atoms with van der Waals surface area (Å²) >= 11 is 5.69. The van der Waals surface area contributed by atoms with Crippen molar-refractivity contribution >= 4 is 85.3 Å². The van der Waals surface area contributed by atoms with Crippen LogP contribution in [0, 0.1) is 16.6 Å². The average Bonchev–Trinajstić information content (AvgIpc) is 2.41. The Labute approximate surface area is 171 Å². The minimum absolute atomic E-state index is 0.0594. The Kier molecular flexibility index (Phi) is 7.82. The SMILES string of the molecule is CCC(Cc1c(I)cc(I)c(NC(=O)C(F)(F)F)c1I)C(=O)O. The Morgan fingerprint density at radius 1 is 1.26 bits per heavy atom. The molecule has 0 radical (unpaired) electrons. The molecule has 0 aliphatic rings. The van der Waals surface area contributed by atoms with Crippen molar-refractivity contribution in [2.24, 2.45) is 5.92 Å². The first kappa shape index (κ1) is 21.2. The van der Waals surface area contributed by atoms with E-state index in [1.807, 2.05) is 73.1 Å². The fourth-order valence-electron chi connectivity index (χ4n) is 1.77. The number of hydrogen-bond acceptors (Lipinski definition) is 2. The highest BCUT2D eigenvalue weighted by atomic mass is 127. The van der Waals surface area contributed by atoms with Gasteiger partial charge in [0.1, 0.15) is 0 Å². The number of benzene rings is 1. The van der Waals surface area contributed by atoms with E-state index in [0.29, 0.717) is 19.1 Å². The molecule has 128 valence electrons. The maximum absolute atomic E-state index is 12.5. The van der Waals surface area contributed by atoms with Gasteiger partial charge in [0.15, 0.2) is 0 Å². The maximum Gasteiger partial charge on any atom is 0.471 e. The fourth-order valence-corrected chi connectivity index (χ4v) is 5.85. The van der Waals surface area contributed by atoms with Gasteiger partial charge in [0, 0.05) is 10.7 Å². The second-order valence-corrected chi connectivity index (χ2v) is 8.01. The minimum atomic E-state index is -4.98. The van der Waals surface area contributed by atoms with Gasteiger partial charge in [0.25, 0.3) is 0 Å². The van der Waals surface area contributed by atoms with E-state index in [1.54, 1.807) is 13.0 Å². The van der Waals surface area contributed by atoms with Gasteiger partial charge in [-0.3, -0.25) is 9.59 Å². The number of carboxylic acid groups (broad SMARTS) is 1. The van der Waals surface area contributed by atoms with Crippen molar-refractivity contribution in [3.05, 3.63) is 22.3 Å². The highest BCUT2D eigenvalue weighted by Crippen LogP contribution is 2.34. The Morgan fingerprint density at radius 2 is 1.83 bits per heavy atom. The van der Waals surface area contributed by atoms with Gasteiger partial charge >= 0.3 is 18.1 Å². The lowest BCUT2D eigenvalue weighted by Crippen LogP contribution is -2.31. The number of carbonyl (C=O) groups excluding carboxylic acids is 1. The Morgan fingerprint density at radius 3 is 2.26 bits per heavy atom. The first-order valence-corrected chi connectivity index (χ1v) is 9.50. The molecule has 1 aromatic rings. The Balaban J connectivity index is 3.27. The zero-order valence-corrected chi connectivity index (χ0v) is 18.1. The van der Waals surface area contributed by atoms with Crippen LogP contribution in [0.1, 0.15) is 18.9 Å². The van der Waals surface area contributed by atoms with Crippen molar-refractivity contribution in [1.29, 1.82) is 0 Å². The molecule has 0 bridgehead atoms. The van der Waals surface area contributed by atoms with Crippen molar-refractivity contribution in [3.63, 3.8) is 0 Å². The molecular formula is C13H11F3I3NO3. The van der Waals surface area contributed by atoms with Crippen molar-refractivity contribution in [2.45, 2.75) is 25.9 Å². The highest BCUT2D eigenvalue weighted by molar-refractivity contribution is 14.1. The van der Waals surface area contributed by atoms with Crippen molar-refractivity contribution in [2.75, 3.05) is 5.32 Å². The summed E-state index contributed by atoms with van der Waals surface area (Å²) < 4.78 is 39.0. The number of amides is 1. The number of alkyl halides is 3. The molecule has 1 aromatic carbocycles. The lowest BCUT2D eigenvalue weighted by atomic mass is 9.97. The second kappa shape index (κ2) is 8.49. The molecule has 0 spiro atoms. The summed E-state index contributed by atoms with van der Waals surface area (Å²) in [5.74, 6) is -3.65. The predicted molar refractivity (Wildman–Crippen MR) is 104 cm³/mol. The summed E-state index contributed by atoms with van der Waals surface area (Å²) in [7, 11) is 0. The van der Waals surface area contributed by atoms with E-state index < -0.39 is 24.0 Å². The molecule has 1 unspecified atom stereocenters. The molecule has 1 atom stereocenters. The van der Waals surface area contributed by atoms with E-state index in [4.69, 9.17) is 5.11 Å². The number of rotatable bonds is 5. The number of aliphatic carboxylic acids is 1. The number of hydrogen-bond donors (Lipinski definition) is 2. The van der Waals surface area contributed by atoms with Crippen LogP contribution in [0.4, 0.5) is 18.9 Å². The molecule has 0 aliphatic heterocycles. The van der Waals surface area contributed by atoms with E-state index in [1.165, 1.54) is 0 Å². The normalized spacial score (nSPS) is 12.8. The zero-order chi connectivity index (χ0) is 17.9. The van der Waals surface area contributed by atoms with Crippen molar-refractivity contribution in [3.8, 4) is 0 Å². The van der Waals surface area contributed by atoms with Gasteiger partial charge in [0.2, 0.25) is 0 Å². The lowest BCUT2D eigenvalue weighted by molar-refractivity contribution is -0.167. The number of nitrogens with one attached hydrogen (secondary N) is 1. The van der Waals surface area contributed by atoms with Crippen LogP contribution in [0.2, 0.25) is 0 Å². The third-order valence-corrected chi connectivity index (χ3v) is 6.06. The first-order chi connectivity index (χ1) is 10.5. The van der Waals surface area contributed by atoms with Gasteiger partial charge in [-0.05, 0) is 92.2 Å². The first-order valence-electron chi connectivity index (χ1n) is 6.26. The molecule has 1 rings (SSSR count). The van der Waals surface area contributed by atoms with E-state index in [9.17, 15) is 22.8 Å². The van der Waals surface area contributed by atoms with E-state index >= 15 is 0 Å². The second-order valence-electron chi connectivity index (χ2n) is 4.61. The molecule has 0 fully saturated rings. The molecule has 10 heteroatoms. The largest absolute Gasteiger partial charge is 0.481 e. The summed E-state index contributed by atoms with van der Waals surface area (Å²) in [5, 5.41) is 11.0. The van der Waals surface area contributed by atoms with Crippen LogP contribution in [0.15, 0.2) is 6.07 Å². The smallest absolute Gasteiger partial charge is 0.471 e. The van der Waals surface area contributed by atoms with Crippen LogP contribution >= 0.6 is 67.8 Å². The van der Waals surface area contributed by atoms with Crippen LogP contribution in [-0.4, -0.2) is 23.2 Å². The lowest BCUT2D eigenvalue weighted by Gasteiger charge is -2.18. The predicted octanol–water partition coefficient (Wildman–Crippen LogP) is 4.65. The Hall–Kier alpha value is 0.140. The number of carboxylic acids is 1. The topological polar surface area (TPSA) is 66.4 Å². The molecule has 1 amide bonds. The molecule has 2 N–H and O–H groups in total. The monoisotopic (exact) mass is 667 g/mol. The molecular weight excluding hydrogens is 656 g/mol. The van der Waals surface area contributed by atoms with E-state index in [0.717, 1.165) is 3.57 Å². The molecule has 0 aromatic heterocycles. The van der Waals surface area contributed by atoms with Gasteiger partial charge in [-0.2, -0.15) is 13.2 Å². The van der Waals surface area contributed by atoms with Crippen LogP contribution in [0.5, 0.6) is 0 Å². The number of halogens is 6. The summed E-state index contributed by atoms with van der Waals surface area (Å²) in [6, 6.07) is 1.62. The average molecular weight is 667 g/mol. The van der Waals surface area contributed by atoms with Crippen LogP contribution in [0.25, 0.3) is 0 Å². The van der Waals surface area contributed by atoms with E-state index in [-0.39, 0.29) is 12.1 Å². The van der Waals surface area contributed by atoms with E-state index in [2.05, 4.69) is 0 Å².